The van der Waals surface area contributed by atoms with Crippen molar-refractivity contribution in [3.8, 4) is 28.2 Å². The van der Waals surface area contributed by atoms with Crippen LogP contribution in [0.25, 0.3) is 82.7 Å². The number of rotatable bonds is 3. The molecule has 0 atom stereocenters. The summed E-state index contributed by atoms with van der Waals surface area (Å²) in [7, 11) is 0. The van der Waals surface area contributed by atoms with E-state index in [1.54, 1.807) is 0 Å². The molecule has 0 spiro atoms. The molecule has 0 aliphatic carbocycles. The second-order valence-electron chi connectivity index (χ2n) is 10.8. The third kappa shape index (κ3) is 3.50. The molecule has 42 heavy (non-hydrogen) atoms. The number of hydrogen-bond donors (Lipinski definition) is 0. The highest BCUT2D eigenvalue weighted by molar-refractivity contribution is 6.14. The fourth-order valence-electron chi connectivity index (χ4n) is 6.36. The van der Waals surface area contributed by atoms with Crippen LogP contribution in [0.4, 0.5) is 0 Å². The van der Waals surface area contributed by atoms with E-state index in [-0.39, 0.29) is 0 Å². The second kappa shape index (κ2) is 8.92. The molecule has 0 amide bonds. The van der Waals surface area contributed by atoms with E-state index < -0.39 is 0 Å². The first kappa shape index (κ1) is 23.1. The molecule has 0 bridgehead atoms. The number of hydrogen-bond acceptors (Lipinski definition) is 2. The summed E-state index contributed by atoms with van der Waals surface area (Å²) in [4.78, 5) is 5.16. The predicted molar refractivity (Wildman–Crippen MR) is 174 cm³/mol. The van der Waals surface area contributed by atoms with E-state index in [1.165, 1.54) is 32.7 Å². The molecule has 3 heteroatoms. The Morgan fingerprint density at radius 2 is 1.12 bits per heavy atom. The van der Waals surface area contributed by atoms with E-state index in [0.717, 1.165) is 50.0 Å². The largest absolute Gasteiger partial charge is 0.456 e. The van der Waals surface area contributed by atoms with Gasteiger partial charge in [0.15, 0.2) is 0 Å². The number of pyridine rings is 1. The van der Waals surface area contributed by atoms with Gasteiger partial charge in [0.05, 0.1) is 16.7 Å². The Balaban J connectivity index is 1.30. The van der Waals surface area contributed by atoms with Crippen molar-refractivity contribution in [1.29, 1.82) is 0 Å². The third-order valence-corrected chi connectivity index (χ3v) is 8.38. The van der Waals surface area contributed by atoms with Gasteiger partial charge in [0.1, 0.15) is 17.0 Å². The van der Waals surface area contributed by atoms with Crippen LogP contribution in [0.5, 0.6) is 0 Å². The summed E-state index contributed by atoms with van der Waals surface area (Å²) in [5.74, 6) is 0.908. The van der Waals surface area contributed by atoms with Gasteiger partial charge in [-0.1, -0.05) is 91.0 Å². The van der Waals surface area contributed by atoms with Gasteiger partial charge in [0.25, 0.3) is 0 Å². The van der Waals surface area contributed by atoms with Crippen LogP contribution >= 0.6 is 0 Å². The second-order valence-corrected chi connectivity index (χ2v) is 10.8. The smallest absolute Gasteiger partial charge is 0.138 e. The monoisotopic (exact) mass is 536 g/mol. The highest BCUT2D eigenvalue weighted by Gasteiger charge is 2.16. The maximum Gasteiger partial charge on any atom is 0.138 e. The summed E-state index contributed by atoms with van der Waals surface area (Å²) >= 11 is 0. The molecule has 196 valence electrons. The number of benzene rings is 6. The molecule has 3 heterocycles. The summed E-state index contributed by atoms with van der Waals surface area (Å²) in [6.07, 6.45) is 0. The minimum atomic E-state index is 0.908. The first-order chi connectivity index (χ1) is 20.8. The van der Waals surface area contributed by atoms with Gasteiger partial charge < -0.3 is 4.42 Å². The van der Waals surface area contributed by atoms with Crippen LogP contribution in [0.15, 0.2) is 150 Å². The zero-order valence-electron chi connectivity index (χ0n) is 22.7. The van der Waals surface area contributed by atoms with Crippen molar-refractivity contribution < 1.29 is 4.42 Å². The van der Waals surface area contributed by atoms with Crippen molar-refractivity contribution in [2.24, 2.45) is 0 Å². The molecule has 3 nitrogen and oxygen atoms in total. The van der Waals surface area contributed by atoms with Gasteiger partial charge in [0, 0.05) is 27.1 Å². The van der Waals surface area contributed by atoms with Crippen molar-refractivity contribution >= 4 is 54.5 Å². The van der Waals surface area contributed by atoms with E-state index in [0.29, 0.717) is 0 Å². The van der Waals surface area contributed by atoms with Crippen LogP contribution in [0.1, 0.15) is 0 Å². The van der Waals surface area contributed by atoms with E-state index in [4.69, 9.17) is 9.40 Å². The van der Waals surface area contributed by atoms with Crippen molar-refractivity contribution in [3.63, 3.8) is 0 Å². The maximum atomic E-state index is 6.10. The summed E-state index contributed by atoms with van der Waals surface area (Å²) in [5, 5.41) is 7.14. The average molecular weight is 537 g/mol. The standard InChI is InChI=1S/C39H24N2O/c1-2-9-25(10-3-1)34-14-8-16-39(40-34)41-35-19-17-28(22-31(35)32-21-26-11-4-5-12-27(26)24-36(32)41)29-18-20-38-33(23-29)30-13-6-7-15-37(30)42-38/h1-24H. The lowest BCUT2D eigenvalue weighted by Crippen LogP contribution is -1.98. The van der Waals surface area contributed by atoms with Gasteiger partial charge >= 0.3 is 0 Å². The summed E-state index contributed by atoms with van der Waals surface area (Å²) in [6, 6.07) is 51.4. The topological polar surface area (TPSA) is 31.0 Å². The number of furan rings is 1. The molecule has 0 radical (unpaired) electrons. The Morgan fingerprint density at radius 3 is 2.00 bits per heavy atom. The van der Waals surface area contributed by atoms with Gasteiger partial charge in [-0.05, 0) is 76.5 Å². The molecule has 9 rings (SSSR count). The Morgan fingerprint density at radius 1 is 0.429 bits per heavy atom. The molecule has 0 aliphatic heterocycles. The predicted octanol–water partition coefficient (Wildman–Crippen LogP) is 10.6. The normalized spacial score (nSPS) is 11.8. The zero-order chi connectivity index (χ0) is 27.6. The van der Waals surface area contributed by atoms with E-state index in [1.807, 2.05) is 18.2 Å². The number of para-hydroxylation sites is 1. The first-order valence-electron chi connectivity index (χ1n) is 14.2. The number of aromatic nitrogens is 2. The quantitative estimate of drug-likeness (QED) is 0.225. The van der Waals surface area contributed by atoms with Crippen molar-refractivity contribution in [3.05, 3.63) is 146 Å². The van der Waals surface area contributed by atoms with Crippen molar-refractivity contribution in [1.82, 2.24) is 9.55 Å². The lowest BCUT2D eigenvalue weighted by molar-refractivity contribution is 0.669. The van der Waals surface area contributed by atoms with Gasteiger partial charge in [-0.3, -0.25) is 4.57 Å². The Labute approximate surface area is 241 Å². The number of nitrogens with zero attached hydrogens (tertiary/aromatic N) is 2. The van der Waals surface area contributed by atoms with Crippen molar-refractivity contribution in [2.45, 2.75) is 0 Å². The van der Waals surface area contributed by atoms with Gasteiger partial charge in [-0.15, -0.1) is 0 Å². The lowest BCUT2D eigenvalue weighted by Gasteiger charge is -2.10. The third-order valence-electron chi connectivity index (χ3n) is 8.38. The maximum absolute atomic E-state index is 6.10. The Bertz CT molecular complexity index is 2470. The SMILES string of the molecule is c1ccc(-c2cccc(-n3c4ccc(-c5ccc6oc7ccccc7c6c5)cc4c4cc5ccccc5cc43)n2)cc1. The van der Waals surface area contributed by atoms with Crippen LogP contribution in [0.2, 0.25) is 0 Å². The summed E-state index contributed by atoms with van der Waals surface area (Å²) in [6.45, 7) is 0. The minimum Gasteiger partial charge on any atom is -0.456 e. The highest BCUT2D eigenvalue weighted by atomic mass is 16.3. The molecular formula is C39H24N2O. The molecular weight excluding hydrogens is 512 g/mol. The van der Waals surface area contributed by atoms with Crippen LogP contribution in [0.3, 0.4) is 0 Å². The van der Waals surface area contributed by atoms with Gasteiger partial charge in [0.2, 0.25) is 0 Å². The van der Waals surface area contributed by atoms with Crippen LogP contribution in [0, 0.1) is 0 Å². The molecule has 0 saturated carbocycles. The zero-order valence-corrected chi connectivity index (χ0v) is 22.7. The fourth-order valence-corrected chi connectivity index (χ4v) is 6.36. The lowest BCUT2D eigenvalue weighted by atomic mass is 10.00. The molecule has 0 N–H and O–H groups in total. The molecule has 6 aromatic carbocycles. The van der Waals surface area contributed by atoms with Gasteiger partial charge in [-0.25, -0.2) is 4.98 Å². The van der Waals surface area contributed by atoms with Crippen LogP contribution < -0.4 is 0 Å². The molecule has 9 aromatic rings. The number of fused-ring (bicyclic) bond motifs is 7. The molecule has 0 aliphatic rings. The summed E-state index contributed by atoms with van der Waals surface area (Å²) < 4.78 is 8.40. The van der Waals surface area contributed by atoms with Crippen molar-refractivity contribution in [2.75, 3.05) is 0 Å². The highest BCUT2D eigenvalue weighted by Crippen LogP contribution is 2.38. The summed E-state index contributed by atoms with van der Waals surface area (Å²) in [5.41, 5.74) is 8.52. The molecule has 0 unspecified atom stereocenters. The molecule has 3 aromatic heterocycles. The Hall–Kier alpha value is -5.67. The minimum absolute atomic E-state index is 0.908. The van der Waals surface area contributed by atoms with E-state index >= 15 is 0 Å². The van der Waals surface area contributed by atoms with Gasteiger partial charge in [-0.2, -0.15) is 0 Å². The fraction of sp³-hybridized carbons (Fsp3) is 0. The van der Waals surface area contributed by atoms with Crippen LogP contribution in [-0.2, 0) is 0 Å². The van der Waals surface area contributed by atoms with E-state index in [9.17, 15) is 0 Å². The van der Waals surface area contributed by atoms with E-state index in [2.05, 4.69) is 132 Å². The van der Waals surface area contributed by atoms with Crippen LogP contribution in [-0.4, -0.2) is 9.55 Å². The molecule has 0 fully saturated rings. The average Bonchev–Trinajstić information content (AvgIpc) is 3.58. The first-order valence-corrected chi connectivity index (χ1v) is 14.2. The Kier molecular flexibility index (Phi) is 4.90. The molecule has 0 saturated heterocycles.